The van der Waals surface area contributed by atoms with E-state index in [1.54, 1.807) is 0 Å². The quantitative estimate of drug-likeness (QED) is 0.773. The fourth-order valence-corrected chi connectivity index (χ4v) is 1.93. The summed E-state index contributed by atoms with van der Waals surface area (Å²) >= 11 is 0. The van der Waals surface area contributed by atoms with Crippen molar-refractivity contribution < 1.29 is 0 Å². The highest BCUT2D eigenvalue weighted by atomic mass is 15.0. The molecular weight excluding hydrogens is 196 g/mol. The van der Waals surface area contributed by atoms with Crippen molar-refractivity contribution in [3.8, 4) is 0 Å². The third kappa shape index (κ3) is 3.31. The summed E-state index contributed by atoms with van der Waals surface area (Å²) in [5, 5.41) is 0. The third-order valence-electron chi connectivity index (χ3n) is 2.67. The lowest BCUT2D eigenvalue weighted by molar-refractivity contribution is 0.401. The molecule has 0 aromatic carbocycles. The molecule has 1 aromatic rings. The molecule has 90 valence electrons. The first kappa shape index (κ1) is 13.2. The van der Waals surface area contributed by atoms with E-state index in [4.69, 9.17) is 0 Å². The molecule has 0 spiro atoms. The molecule has 0 aliphatic carbocycles. The summed E-state index contributed by atoms with van der Waals surface area (Å²) in [6.45, 7) is 9.86. The molecule has 0 atom stereocenters. The van der Waals surface area contributed by atoms with Gasteiger partial charge < -0.3 is 4.90 Å². The Bertz CT molecular complexity index is 341. The molecule has 2 nitrogen and oxygen atoms in total. The lowest BCUT2D eigenvalue weighted by atomic mass is 9.94. The number of hydrogen-bond donors (Lipinski definition) is 0. The van der Waals surface area contributed by atoms with Gasteiger partial charge in [-0.2, -0.15) is 0 Å². The third-order valence-corrected chi connectivity index (χ3v) is 2.67. The van der Waals surface area contributed by atoms with Crippen molar-refractivity contribution in [3.05, 3.63) is 29.1 Å². The summed E-state index contributed by atoms with van der Waals surface area (Å²) in [6, 6.07) is 2.31. The minimum absolute atomic E-state index is 0.505. The van der Waals surface area contributed by atoms with Gasteiger partial charge in [-0.1, -0.05) is 33.8 Å². The maximum absolute atomic E-state index is 4.63. The maximum Gasteiger partial charge on any atom is 0.0463 e. The second kappa shape index (κ2) is 5.44. The topological polar surface area (TPSA) is 16.1 Å². The SMILES string of the molecule is CC(C)c1cc(CN(C)C)cnc1C(C)C. The average Bonchev–Trinajstić information content (AvgIpc) is 2.16. The molecule has 2 heteroatoms. The van der Waals surface area contributed by atoms with E-state index >= 15 is 0 Å². The second-order valence-corrected chi connectivity index (χ2v) is 5.37. The molecule has 0 fully saturated rings. The van der Waals surface area contributed by atoms with Gasteiger partial charge in [-0.25, -0.2) is 0 Å². The van der Waals surface area contributed by atoms with Crippen molar-refractivity contribution in [3.63, 3.8) is 0 Å². The summed E-state index contributed by atoms with van der Waals surface area (Å²) in [4.78, 5) is 6.80. The normalized spacial score (nSPS) is 11.8. The zero-order valence-electron chi connectivity index (χ0n) is 11.4. The Morgan fingerprint density at radius 1 is 1.12 bits per heavy atom. The molecule has 0 radical (unpaired) electrons. The minimum atomic E-state index is 0.505. The largest absolute Gasteiger partial charge is 0.305 e. The molecule has 0 saturated heterocycles. The van der Waals surface area contributed by atoms with E-state index in [1.165, 1.54) is 16.8 Å². The molecule has 1 heterocycles. The van der Waals surface area contributed by atoms with Gasteiger partial charge in [-0.05, 0) is 37.1 Å². The second-order valence-electron chi connectivity index (χ2n) is 5.37. The van der Waals surface area contributed by atoms with E-state index in [0.717, 1.165) is 6.54 Å². The Hall–Kier alpha value is -0.890. The molecule has 0 amide bonds. The van der Waals surface area contributed by atoms with Crippen LogP contribution in [0.3, 0.4) is 0 Å². The molecule has 0 bridgehead atoms. The van der Waals surface area contributed by atoms with Gasteiger partial charge in [-0.15, -0.1) is 0 Å². The smallest absolute Gasteiger partial charge is 0.0463 e. The van der Waals surface area contributed by atoms with Gasteiger partial charge in [-0.3, -0.25) is 4.98 Å². The first-order valence-corrected chi connectivity index (χ1v) is 6.05. The van der Waals surface area contributed by atoms with Crippen molar-refractivity contribution in [1.29, 1.82) is 0 Å². The summed E-state index contributed by atoms with van der Waals surface area (Å²) < 4.78 is 0. The predicted octanol–water partition coefficient (Wildman–Crippen LogP) is 3.39. The van der Waals surface area contributed by atoms with Crippen molar-refractivity contribution in [2.75, 3.05) is 14.1 Å². The van der Waals surface area contributed by atoms with Crippen LogP contribution >= 0.6 is 0 Å². The van der Waals surface area contributed by atoms with E-state index < -0.39 is 0 Å². The van der Waals surface area contributed by atoms with Gasteiger partial charge in [0, 0.05) is 18.4 Å². The molecule has 1 aromatic heterocycles. The first-order valence-electron chi connectivity index (χ1n) is 6.05. The van der Waals surface area contributed by atoms with Crippen LogP contribution in [0.2, 0.25) is 0 Å². The minimum Gasteiger partial charge on any atom is -0.305 e. The first-order chi connectivity index (χ1) is 7.41. The number of aromatic nitrogens is 1. The van der Waals surface area contributed by atoms with Crippen molar-refractivity contribution >= 4 is 0 Å². The fourth-order valence-electron chi connectivity index (χ4n) is 1.93. The maximum atomic E-state index is 4.63. The van der Waals surface area contributed by atoms with Gasteiger partial charge >= 0.3 is 0 Å². The Labute approximate surface area is 99.7 Å². The van der Waals surface area contributed by atoms with Gasteiger partial charge in [0.2, 0.25) is 0 Å². The molecule has 0 aliphatic rings. The standard InChI is InChI=1S/C14H24N2/c1-10(2)13-7-12(9-16(5)6)8-15-14(13)11(3)4/h7-8,10-11H,9H2,1-6H3. The highest BCUT2D eigenvalue weighted by Gasteiger charge is 2.12. The molecule has 0 aliphatic heterocycles. The Balaban J connectivity index is 3.07. The summed E-state index contributed by atoms with van der Waals surface area (Å²) in [5.74, 6) is 1.05. The van der Waals surface area contributed by atoms with E-state index in [9.17, 15) is 0 Å². The van der Waals surface area contributed by atoms with Gasteiger partial charge in [0.25, 0.3) is 0 Å². The molecule has 0 saturated carbocycles. The van der Waals surface area contributed by atoms with Crippen LogP contribution in [0, 0.1) is 0 Å². The number of hydrogen-bond acceptors (Lipinski definition) is 2. The van der Waals surface area contributed by atoms with Crippen LogP contribution in [0.4, 0.5) is 0 Å². The van der Waals surface area contributed by atoms with Crippen LogP contribution in [-0.2, 0) is 6.54 Å². The highest BCUT2D eigenvalue weighted by molar-refractivity contribution is 5.30. The van der Waals surface area contributed by atoms with Crippen LogP contribution in [-0.4, -0.2) is 24.0 Å². The zero-order valence-corrected chi connectivity index (χ0v) is 11.4. The van der Waals surface area contributed by atoms with Gasteiger partial charge in [0.1, 0.15) is 0 Å². The fraction of sp³-hybridized carbons (Fsp3) is 0.643. The number of nitrogens with zero attached hydrogens (tertiary/aromatic N) is 2. The lowest BCUT2D eigenvalue weighted by Crippen LogP contribution is -2.12. The predicted molar refractivity (Wildman–Crippen MR) is 69.8 cm³/mol. The van der Waals surface area contributed by atoms with Crippen LogP contribution in [0.1, 0.15) is 56.4 Å². The van der Waals surface area contributed by atoms with Crippen LogP contribution in [0.25, 0.3) is 0 Å². The lowest BCUT2D eigenvalue weighted by Gasteiger charge is -2.17. The summed E-state index contributed by atoms with van der Waals surface area (Å²) in [5.41, 5.74) is 3.95. The van der Waals surface area contributed by atoms with Crippen LogP contribution in [0.5, 0.6) is 0 Å². The molecule has 1 rings (SSSR count). The number of rotatable bonds is 4. The summed E-state index contributed by atoms with van der Waals surface area (Å²) in [6.07, 6.45) is 2.02. The number of pyridine rings is 1. The van der Waals surface area contributed by atoms with Gasteiger partial charge in [0.15, 0.2) is 0 Å². The molecule has 16 heavy (non-hydrogen) atoms. The summed E-state index contributed by atoms with van der Waals surface area (Å²) in [7, 11) is 4.18. The Kier molecular flexibility index (Phi) is 4.48. The van der Waals surface area contributed by atoms with E-state index in [-0.39, 0.29) is 0 Å². The average molecular weight is 220 g/mol. The van der Waals surface area contributed by atoms with Crippen molar-refractivity contribution in [2.24, 2.45) is 0 Å². The van der Waals surface area contributed by atoms with E-state index in [1.807, 2.05) is 6.20 Å². The van der Waals surface area contributed by atoms with Gasteiger partial charge in [0.05, 0.1) is 0 Å². The molecule has 0 N–H and O–H groups in total. The van der Waals surface area contributed by atoms with Crippen LogP contribution in [0.15, 0.2) is 12.3 Å². The Morgan fingerprint density at radius 2 is 1.75 bits per heavy atom. The van der Waals surface area contributed by atoms with Crippen LogP contribution < -0.4 is 0 Å². The Morgan fingerprint density at radius 3 is 2.19 bits per heavy atom. The molecule has 0 unspecified atom stereocenters. The van der Waals surface area contributed by atoms with Crippen molar-refractivity contribution in [1.82, 2.24) is 9.88 Å². The van der Waals surface area contributed by atoms with Crippen molar-refractivity contribution in [2.45, 2.75) is 46.1 Å². The molecular formula is C14H24N2. The van der Waals surface area contributed by atoms with E-state index in [0.29, 0.717) is 11.8 Å². The monoisotopic (exact) mass is 220 g/mol. The highest BCUT2D eigenvalue weighted by Crippen LogP contribution is 2.25. The zero-order chi connectivity index (χ0) is 12.3. The van der Waals surface area contributed by atoms with E-state index in [2.05, 4.69) is 57.7 Å².